The largest absolute Gasteiger partial charge is 0.322 e. The van der Waals surface area contributed by atoms with Crippen LogP contribution in [0.1, 0.15) is 15.9 Å². The smallest absolute Gasteiger partial charge is 0.257 e. The fourth-order valence-corrected chi connectivity index (χ4v) is 2.47. The first kappa shape index (κ1) is 16.0. The molecule has 2 aromatic carbocycles. The third kappa shape index (κ3) is 3.65. The Hall–Kier alpha value is -2.34. The molecule has 116 valence electrons. The number of anilines is 2. The lowest BCUT2D eigenvalue weighted by Crippen LogP contribution is -2.27. The van der Waals surface area contributed by atoms with Crippen LogP contribution in [0.5, 0.6) is 0 Å². The highest BCUT2D eigenvalue weighted by molar-refractivity contribution is 7.92. The van der Waals surface area contributed by atoms with Gasteiger partial charge >= 0.3 is 0 Å². The number of carbonyl (C=O) groups excluding carboxylic acids is 1. The third-order valence-corrected chi connectivity index (χ3v) is 4.49. The minimum atomic E-state index is -3.44. The molecule has 0 unspecified atom stereocenters. The molecule has 5 nitrogen and oxygen atoms in total. The molecular formula is C16H18N2O3S. The van der Waals surface area contributed by atoms with Crippen molar-refractivity contribution >= 4 is 27.3 Å². The number of hydrogen-bond acceptors (Lipinski definition) is 3. The lowest BCUT2D eigenvalue weighted by molar-refractivity contribution is 0.102. The Bertz CT molecular complexity index is 783. The van der Waals surface area contributed by atoms with Crippen LogP contribution in [-0.2, 0) is 10.0 Å². The molecule has 0 aromatic heterocycles. The highest BCUT2D eigenvalue weighted by atomic mass is 32.2. The van der Waals surface area contributed by atoms with E-state index in [9.17, 15) is 13.2 Å². The maximum absolute atomic E-state index is 12.4. The van der Waals surface area contributed by atoms with E-state index < -0.39 is 10.0 Å². The molecule has 0 saturated heterocycles. The van der Waals surface area contributed by atoms with Crippen molar-refractivity contribution in [3.05, 3.63) is 59.7 Å². The van der Waals surface area contributed by atoms with Gasteiger partial charge in [0.2, 0.25) is 10.0 Å². The Labute approximate surface area is 130 Å². The van der Waals surface area contributed by atoms with E-state index in [-0.39, 0.29) is 5.91 Å². The molecule has 0 spiro atoms. The number of aryl methyl sites for hydroxylation is 1. The summed E-state index contributed by atoms with van der Waals surface area (Å²) in [6, 6.07) is 14.0. The molecule has 0 saturated carbocycles. The van der Waals surface area contributed by atoms with Crippen molar-refractivity contribution < 1.29 is 13.2 Å². The van der Waals surface area contributed by atoms with E-state index in [1.807, 2.05) is 19.1 Å². The Balaban J connectivity index is 2.32. The fourth-order valence-electron chi connectivity index (χ4n) is 1.95. The average Bonchev–Trinajstić information content (AvgIpc) is 2.48. The minimum absolute atomic E-state index is 0.302. The van der Waals surface area contributed by atoms with Gasteiger partial charge in [-0.3, -0.25) is 9.10 Å². The summed E-state index contributed by atoms with van der Waals surface area (Å²) in [4.78, 5) is 12.4. The SMILES string of the molecule is Cc1ccc(NC(=O)c2ccccc2N(C)S(C)(=O)=O)cc1. The monoisotopic (exact) mass is 318 g/mol. The van der Waals surface area contributed by atoms with Gasteiger partial charge in [-0.2, -0.15) is 0 Å². The molecule has 0 aliphatic carbocycles. The number of benzene rings is 2. The van der Waals surface area contributed by atoms with Crippen LogP contribution in [0.25, 0.3) is 0 Å². The van der Waals surface area contributed by atoms with Gasteiger partial charge < -0.3 is 5.32 Å². The third-order valence-electron chi connectivity index (χ3n) is 3.29. The van der Waals surface area contributed by atoms with Crippen molar-refractivity contribution in [3.8, 4) is 0 Å². The van der Waals surface area contributed by atoms with Gasteiger partial charge in [0.05, 0.1) is 17.5 Å². The first-order chi connectivity index (χ1) is 10.3. The Kier molecular flexibility index (Phi) is 4.51. The van der Waals surface area contributed by atoms with Crippen LogP contribution in [0.2, 0.25) is 0 Å². The number of sulfonamides is 1. The van der Waals surface area contributed by atoms with Crippen molar-refractivity contribution in [1.82, 2.24) is 0 Å². The normalized spacial score (nSPS) is 11.0. The van der Waals surface area contributed by atoms with Gasteiger partial charge in [0.1, 0.15) is 0 Å². The number of para-hydroxylation sites is 1. The van der Waals surface area contributed by atoms with Crippen LogP contribution >= 0.6 is 0 Å². The Morgan fingerprint density at radius 2 is 1.64 bits per heavy atom. The van der Waals surface area contributed by atoms with Crippen LogP contribution in [0.4, 0.5) is 11.4 Å². The first-order valence-corrected chi connectivity index (χ1v) is 8.55. The molecule has 2 aromatic rings. The summed E-state index contributed by atoms with van der Waals surface area (Å²) < 4.78 is 24.5. The van der Waals surface area contributed by atoms with E-state index in [1.54, 1.807) is 36.4 Å². The molecule has 22 heavy (non-hydrogen) atoms. The van der Waals surface area contributed by atoms with E-state index in [2.05, 4.69) is 5.32 Å². The van der Waals surface area contributed by atoms with E-state index in [0.29, 0.717) is 16.9 Å². The van der Waals surface area contributed by atoms with Gasteiger partial charge in [0, 0.05) is 12.7 Å². The lowest BCUT2D eigenvalue weighted by Gasteiger charge is -2.19. The van der Waals surface area contributed by atoms with E-state index in [0.717, 1.165) is 16.1 Å². The maximum Gasteiger partial charge on any atom is 0.257 e. The van der Waals surface area contributed by atoms with Gasteiger partial charge in [0.25, 0.3) is 5.91 Å². The number of hydrogen-bond donors (Lipinski definition) is 1. The molecular weight excluding hydrogens is 300 g/mol. The minimum Gasteiger partial charge on any atom is -0.322 e. The van der Waals surface area contributed by atoms with E-state index in [4.69, 9.17) is 0 Å². The molecule has 0 fully saturated rings. The zero-order valence-electron chi connectivity index (χ0n) is 12.7. The zero-order chi connectivity index (χ0) is 16.3. The fraction of sp³-hybridized carbons (Fsp3) is 0.188. The highest BCUT2D eigenvalue weighted by Crippen LogP contribution is 2.22. The summed E-state index contributed by atoms with van der Waals surface area (Å²) >= 11 is 0. The molecule has 0 aliphatic heterocycles. The van der Waals surface area contributed by atoms with Crippen LogP contribution in [-0.4, -0.2) is 27.6 Å². The van der Waals surface area contributed by atoms with Gasteiger partial charge in [-0.25, -0.2) is 8.42 Å². The standard InChI is InChI=1S/C16H18N2O3S/c1-12-8-10-13(11-9-12)17-16(19)14-6-4-5-7-15(14)18(2)22(3,20)21/h4-11H,1-3H3,(H,17,19). The topological polar surface area (TPSA) is 66.5 Å². The van der Waals surface area contributed by atoms with E-state index >= 15 is 0 Å². The highest BCUT2D eigenvalue weighted by Gasteiger charge is 2.19. The first-order valence-electron chi connectivity index (χ1n) is 6.70. The van der Waals surface area contributed by atoms with Gasteiger partial charge in [-0.1, -0.05) is 29.8 Å². The van der Waals surface area contributed by atoms with Crippen molar-refractivity contribution in [2.24, 2.45) is 0 Å². The number of amides is 1. The second kappa shape index (κ2) is 6.19. The summed E-state index contributed by atoms with van der Waals surface area (Å²) in [6.45, 7) is 1.96. The molecule has 0 radical (unpaired) electrons. The van der Waals surface area contributed by atoms with Gasteiger partial charge in [0.15, 0.2) is 0 Å². The summed E-state index contributed by atoms with van der Waals surface area (Å²) in [5.74, 6) is -0.352. The predicted molar refractivity (Wildman–Crippen MR) is 88.8 cm³/mol. The van der Waals surface area contributed by atoms with Crippen molar-refractivity contribution in [1.29, 1.82) is 0 Å². The molecule has 1 amide bonds. The maximum atomic E-state index is 12.4. The average molecular weight is 318 g/mol. The summed E-state index contributed by atoms with van der Waals surface area (Å²) in [7, 11) is -2.01. The number of carbonyl (C=O) groups is 1. The summed E-state index contributed by atoms with van der Waals surface area (Å²) in [5.41, 5.74) is 2.40. The molecule has 0 atom stereocenters. The van der Waals surface area contributed by atoms with Crippen LogP contribution in [0.15, 0.2) is 48.5 Å². The van der Waals surface area contributed by atoms with Crippen LogP contribution in [0, 0.1) is 6.92 Å². The Morgan fingerprint density at radius 1 is 1.05 bits per heavy atom. The Morgan fingerprint density at radius 3 is 2.23 bits per heavy atom. The summed E-state index contributed by atoms with van der Waals surface area (Å²) in [5, 5.41) is 2.77. The quantitative estimate of drug-likeness (QED) is 0.942. The number of nitrogens with one attached hydrogen (secondary N) is 1. The second-order valence-corrected chi connectivity index (χ2v) is 7.08. The number of nitrogens with zero attached hydrogens (tertiary/aromatic N) is 1. The van der Waals surface area contributed by atoms with Crippen molar-refractivity contribution in [2.75, 3.05) is 22.9 Å². The molecule has 6 heteroatoms. The summed E-state index contributed by atoms with van der Waals surface area (Å²) in [6.07, 6.45) is 1.10. The lowest BCUT2D eigenvalue weighted by atomic mass is 10.1. The van der Waals surface area contributed by atoms with Crippen molar-refractivity contribution in [2.45, 2.75) is 6.92 Å². The molecule has 2 rings (SSSR count). The zero-order valence-corrected chi connectivity index (χ0v) is 13.5. The van der Waals surface area contributed by atoms with Crippen LogP contribution in [0.3, 0.4) is 0 Å². The molecule has 0 aliphatic rings. The van der Waals surface area contributed by atoms with Crippen LogP contribution < -0.4 is 9.62 Å². The molecule has 0 heterocycles. The van der Waals surface area contributed by atoms with Crippen molar-refractivity contribution in [3.63, 3.8) is 0 Å². The number of rotatable bonds is 4. The van der Waals surface area contributed by atoms with E-state index in [1.165, 1.54) is 7.05 Å². The molecule has 1 N–H and O–H groups in total. The predicted octanol–water partition coefficient (Wildman–Crippen LogP) is 2.64. The van der Waals surface area contributed by atoms with Gasteiger partial charge in [-0.05, 0) is 31.2 Å². The second-order valence-electron chi connectivity index (χ2n) is 5.07. The van der Waals surface area contributed by atoms with Gasteiger partial charge in [-0.15, -0.1) is 0 Å². The molecule has 0 bridgehead atoms.